The van der Waals surface area contributed by atoms with Gasteiger partial charge in [-0.1, -0.05) is 19.4 Å². The van der Waals surface area contributed by atoms with Gasteiger partial charge < -0.3 is 9.64 Å². The summed E-state index contributed by atoms with van der Waals surface area (Å²) in [4.78, 5) is 23.9. The molecule has 2 rings (SSSR count). The second-order valence-electron chi connectivity index (χ2n) is 6.74. The van der Waals surface area contributed by atoms with Crippen LogP contribution in [-0.2, 0) is 14.6 Å². The summed E-state index contributed by atoms with van der Waals surface area (Å²) in [5, 5.41) is 2.20. The van der Waals surface area contributed by atoms with Crippen LogP contribution in [0.25, 0.3) is 0 Å². The van der Waals surface area contributed by atoms with Gasteiger partial charge >= 0.3 is 6.03 Å². The molecule has 1 aliphatic rings. The molecule has 1 aromatic carbocycles. The van der Waals surface area contributed by atoms with Gasteiger partial charge in [-0.3, -0.25) is 10.1 Å². The maximum absolute atomic E-state index is 13.5. The molecule has 0 radical (unpaired) electrons. The van der Waals surface area contributed by atoms with Crippen LogP contribution >= 0.6 is 0 Å². The summed E-state index contributed by atoms with van der Waals surface area (Å²) >= 11 is 0. The minimum Gasteiger partial charge on any atom is -0.494 e. The number of hydrogen-bond acceptors (Lipinski definition) is 5. The van der Waals surface area contributed by atoms with Crippen molar-refractivity contribution in [2.45, 2.75) is 32.1 Å². The van der Waals surface area contributed by atoms with Crippen molar-refractivity contribution < 1.29 is 27.1 Å². The molecule has 1 saturated heterocycles. The first-order valence-corrected chi connectivity index (χ1v) is 10.7. The standard InChI is InChI=1S/C18H25FN2O5S/c1-13(14-6-7-15(19)16(10-14)26-2)12-27(24,25)9-5-3-4-8-21-11-17(22)20-18(21)23/h6-7,10,13H,3-5,8-9,11-12H2,1-2H3,(H,20,22,23)/t13-/m0/s1. The second kappa shape index (κ2) is 9.16. The summed E-state index contributed by atoms with van der Waals surface area (Å²) in [5.41, 5.74) is 0.710. The lowest BCUT2D eigenvalue weighted by molar-refractivity contribution is -0.118. The van der Waals surface area contributed by atoms with Crippen LogP contribution in [0.5, 0.6) is 5.75 Å². The van der Waals surface area contributed by atoms with Gasteiger partial charge in [-0.05, 0) is 36.5 Å². The Bertz CT molecular complexity index is 797. The number of rotatable bonds is 10. The highest BCUT2D eigenvalue weighted by Gasteiger charge is 2.25. The molecule has 0 spiro atoms. The van der Waals surface area contributed by atoms with E-state index in [2.05, 4.69) is 5.32 Å². The van der Waals surface area contributed by atoms with Crippen molar-refractivity contribution in [2.75, 3.05) is 31.7 Å². The van der Waals surface area contributed by atoms with Crippen molar-refractivity contribution in [2.24, 2.45) is 0 Å². The highest BCUT2D eigenvalue weighted by molar-refractivity contribution is 7.91. The van der Waals surface area contributed by atoms with Crippen LogP contribution in [0.3, 0.4) is 0 Å². The van der Waals surface area contributed by atoms with E-state index in [9.17, 15) is 22.4 Å². The van der Waals surface area contributed by atoms with Gasteiger partial charge in [0.05, 0.1) is 18.6 Å². The number of urea groups is 1. The predicted octanol–water partition coefficient (Wildman–Crippen LogP) is 2.07. The average Bonchev–Trinajstić information content (AvgIpc) is 2.91. The fourth-order valence-electron chi connectivity index (χ4n) is 3.01. The number of unbranched alkanes of at least 4 members (excludes halogenated alkanes) is 2. The minimum absolute atomic E-state index is 0.0230. The van der Waals surface area contributed by atoms with Gasteiger partial charge in [-0.2, -0.15) is 0 Å². The lowest BCUT2D eigenvalue weighted by Gasteiger charge is -2.14. The van der Waals surface area contributed by atoms with E-state index in [4.69, 9.17) is 4.74 Å². The lowest BCUT2D eigenvalue weighted by atomic mass is 10.0. The fraction of sp³-hybridized carbons (Fsp3) is 0.556. The first kappa shape index (κ1) is 21.1. The number of ether oxygens (including phenoxy) is 1. The number of carbonyl (C=O) groups is 2. The maximum atomic E-state index is 13.5. The zero-order valence-electron chi connectivity index (χ0n) is 15.5. The molecule has 0 saturated carbocycles. The molecule has 9 heteroatoms. The Balaban J connectivity index is 1.76. The molecule has 7 nitrogen and oxygen atoms in total. The number of carbonyl (C=O) groups excluding carboxylic acids is 2. The maximum Gasteiger partial charge on any atom is 0.324 e. The molecule has 0 bridgehead atoms. The summed E-state index contributed by atoms with van der Waals surface area (Å²) in [7, 11) is -1.89. The number of sulfone groups is 1. The van der Waals surface area contributed by atoms with E-state index in [1.165, 1.54) is 24.1 Å². The molecule has 1 atom stereocenters. The number of methoxy groups -OCH3 is 1. The topological polar surface area (TPSA) is 92.8 Å². The zero-order chi connectivity index (χ0) is 20.0. The van der Waals surface area contributed by atoms with Crippen molar-refractivity contribution in [3.63, 3.8) is 0 Å². The van der Waals surface area contributed by atoms with Crippen molar-refractivity contribution in [3.05, 3.63) is 29.6 Å². The number of benzene rings is 1. The zero-order valence-corrected chi connectivity index (χ0v) is 16.4. The first-order chi connectivity index (χ1) is 12.7. The SMILES string of the molecule is COc1cc([C@@H](C)CS(=O)(=O)CCCCCN2CC(=O)NC2=O)ccc1F. The highest BCUT2D eigenvalue weighted by Crippen LogP contribution is 2.25. The molecule has 150 valence electrons. The molecule has 0 unspecified atom stereocenters. The summed E-state index contributed by atoms with van der Waals surface area (Å²) in [6.07, 6.45) is 1.78. The van der Waals surface area contributed by atoms with Gasteiger partial charge in [-0.15, -0.1) is 0 Å². The van der Waals surface area contributed by atoms with Crippen LogP contribution < -0.4 is 10.1 Å². The Morgan fingerprint density at radius 2 is 2.00 bits per heavy atom. The Labute approximate surface area is 158 Å². The normalized spacial score (nSPS) is 15.7. The number of nitrogens with one attached hydrogen (secondary N) is 1. The average molecular weight is 400 g/mol. The molecule has 0 aliphatic carbocycles. The van der Waals surface area contributed by atoms with Crippen LogP contribution in [0, 0.1) is 5.82 Å². The Kier molecular flexibility index (Phi) is 7.18. The van der Waals surface area contributed by atoms with Gasteiger partial charge in [0.15, 0.2) is 21.4 Å². The van der Waals surface area contributed by atoms with Crippen molar-refractivity contribution >= 4 is 21.8 Å². The highest BCUT2D eigenvalue weighted by atomic mass is 32.2. The van der Waals surface area contributed by atoms with Gasteiger partial charge in [0.2, 0.25) is 5.91 Å². The smallest absolute Gasteiger partial charge is 0.324 e. The molecule has 1 heterocycles. The predicted molar refractivity (Wildman–Crippen MR) is 99.0 cm³/mol. The Morgan fingerprint density at radius 3 is 2.63 bits per heavy atom. The summed E-state index contributed by atoms with van der Waals surface area (Å²) in [5.74, 6) is -0.935. The van der Waals surface area contributed by atoms with E-state index in [1.807, 2.05) is 0 Å². The third kappa shape index (κ3) is 6.20. The fourth-order valence-corrected chi connectivity index (χ4v) is 4.77. The number of halogens is 1. The molecule has 0 aromatic heterocycles. The number of amides is 3. The molecule has 1 aliphatic heterocycles. The summed E-state index contributed by atoms with van der Waals surface area (Å²) in [6.45, 7) is 2.28. The van der Waals surface area contributed by atoms with Crippen LogP contribution in [0.2, 0.25) is 0 Å². The second-order valence-corrected chi connectivity index (χ2v) is 8.97. The molecule has 3 amide bonds. The molecule has 27 heavy (non-hydrogen) atoms. The largest absolute Gasteiger partial charge is 0.494 e. The van der Waals surface area contributed by atoms with Crippen LogP contribution in [-0.4, -0.2) is 57.0 Å². The molecular formula is C18H25FN2O5S. The molecule has 1 aromatic rings. The Morgan fingerprint density at radius 1 is 1.26 bits per heavy atom. The van der Waals surface area contributed by atoms with Gasteiger partial charge in [0.1, 0.15) is 6.54 Å². The molecule has 1 N–H and O–H groups in total. The van der Waals surface area contributed by atoms with E-state index >= 15 is 0 Å². The van der Waals surface area contributed by atoms with E-state index in [0.717, 1.165) is 0 Å². The van der Waals surface area contributed by atoms with Crippen LogP contribution in [0.1, 0.15) is 37.7 Å². The summed E-state index contributed by atoms with van der Waals surface area (Å²) in [6, 6.07) is 3.98. The van der Waals surface area contributed by atoms with E-state index < -0.39 is 21.7 Å². The molecule has 1 fully saturated rings. The first-order valence-electron chi connectivity index (χ1n) is 8.84. The third-order valence-electron chi connectivity index (χ3n) is 4.50. The quantitative estimate of drug-likeness (QED) is 0.479. The van der Waals surface area contributed by atoms with E-state index in [-0.39, 0.29) is 35.6 Å². The summed E-state index contributed by atoms with van der Waals surface area (Å²) < 4.78 is 43.1. The van der Waals surface area contributed by atoms with E-state index in [0.29, 0.717) is 31.4 Å². The van der Waals surface area contributed by atoms with Crippen LogP contribution in [0.4, 0.5) is 9.18 Å². The van der Waals surface area contributed by atoms with Gasteiger partial charge in [0, 0.05) is 6.54 Å². The number of imide groups is 1. The molecular weight excluding hydrogens is 375 g/mol. The van der Waals surface area contributed by atoms with Crippen molar-refractivity contribution in [3.8, 4) is 5.75 Å². The number of hydrogen-bond donors (Lipinski definition) is 1. The third-order valence-corrected chi connectivity index (χ3v) is 6.42. The van der Waals surface area contributed by atoms with Crippen LogP contribution in [0.15, 0.2) is 18.2 Å². The lowest BCUT2D eigenvalue weighted by Crippen LogP contribution is -2.29. The van der Waals surface area contributed by atoms with Crippen molar-refractivity contribution in [1.29, 1.82) is 0 Å². The van der Waals surface area contributed by atoms with Gasteiger partial charge in [0.25, 0.3) is 0 Å². The monoisotopic (exact) mass is 400 g/mol. The minimum atomic E-state index is -3.26. The Hall–Kier alpha value is -2.16. The van der Waals surface area contributed by atoms with Crippen molar-refractivity contribution in [1.82, 2.24) is 10.2 Å². The van der Waals surface area contributed by atoms with E-state index in [1.54, 1.807) is 13.0 Å². The number of nitrogens with zero attached hydrogens (tertiary/aromatic N) is 1. The van der Waals surface area contributed by atoms with Gasteiger partial charge in [-0.25, -0.2) is 17.6 Å².